The van der Waals surface area contributed by atoms with Gasteiger partial charge in [0.05, 0.1) is 4.90 Å². The molecule has 0 spiro atoms. The van der Waals surface area contributed by atoms with Gasteiger partial charge in [0.1, 0.15) is 11.6 Å². The van der Waals surface area contributed by atoms with E-state index in [1.54, 1.807) is 18.5 Å². The molecular formula is C11H7BrF2N2S. The Balaban J connectivity index is 2.40. The molecule has 0 bridgehead atoms. The number of nitrogen functional groups attached to an aromatic ring is 1. The topological polar surface area (TPSA) is 38.9 Å². The number of benzene rings is 1. The fourth-order valence-electron chi connectivity index (χ4n) is 1.23. The van der Waals surface area contributed by atoms with Gasteiger partial charge in [0.15, 0.2) is 0 Å². The Morgan fingerprint density at radius 1 is 1.24 bits per heavy atom. The van der Waals surface area contributed by atoms with E-state index in [0.717, 1.165) is 23.9 Å². The third-order valence-corrected chi connectivity index (χ3v) is 4.03. The molecule has 0 saturated heterocycles. The van der Waals surface area contributed by atoms with Crippen molar-refractivity contribution in [3.63, 3.8) is 0 Å². The molecule has 17 heavy (non-hydrogen) atoms. The lowest BCUT2D eigenvalue weighted by Gasteiger charge is -2.07. The summed E-state index contributed by atoms with van der Waals surface area (Å²) < 4.78 is 27.8. The predicted octanol–water partition coefficient (Wildman–Crippen LogP) is 3.86. The van der Waals surface area contributed by atoms with Crippen molar-refractivity contribution in [3.05, 3.63) is 46.7 Å². The third kappa shape index (κ3) is 2.76. The highest BCUT2D eigenvalue weighted by Gasteiger charge is 2.13. The first-order chi connectivity index (χ1) is 8.08. The lowest BCUT2D eigenvalue weighted by molar-refractivity contribution is 0.542. The maximum atomic E-state index is 13.6. The van der Waals surface area contributed by atoms with Crippen molar-refractivity contribution < 1.29 is 8.78 Å². The molecule has 1 aromatic carbocycles. The van der Waals surface area contributed by atoms with Crippen LogP contribution in [0.25, 0.3) is 0 Å². The van der Waals surface area contributed by atoms with Gasteiger partial charge in [-0.25, -0.2) is 8.78 Å². The number of aromatic nitrogens is 1. The van der Waals surface area contributed by atoms with Crippen LogP contribution in [0.3, 0.4) is 0 Å². The van der Waals surface area contributed by atoms with E-state index in [0.29, 0.717) is 9.37 Å². The second-order valence-electron chi connectivity index (χ2n) is 3.22. The molecule has 0 amide bonds. The van der Waals surface area contributed by atoms with Crippen molar-refractivity contribution in [2.45, 2.75) is 9.79 Å². The minimum absolute atomic E-state index is 0.0677. The van der Waals surface area contributed by atoms with E-state index in [1.807, 2.05) is 0 Å². The Morgan fingerprint density at radius 3 is 2.47 bits per heavy atom. The molecule has 0 atom stereocenters. The molecule has 0 aliphatic rings. The summed E-state index contributed by atoms with van der Waals surface area (Å²) >= 11 is 4.25. The van der Waals surface area contributed by atoms with Gasteiger partial charge in [0.2, 0.25) is 0 Å². The zero-order valence-electron chi connectivity index (χ0n) is 8.45. The molecule has 6 heteroatoms. The van der Waals surface area contributed by atoms with E-state index in [4.69, 9.17) is 5.73 Å². The standard InChI is InChI=1S/C11H7BrF2N2S/c12-7-5-16-2-1-10(7)17-11-8(13)3-6(15)4-9(11)14/h1-5H,15H2. The van der Waals surface area contributed by atoms with E-state index in [2.05, 4.69) is 20.9 Å². The van der Waals surface area contributed by atoms with Crippen LogP contribution in [0.2, 0.25) is 0 Å². The highest BCUT2D eigenvalue weighted by molar-refractivity contribution is 9.10. The smallest absolute Gasteiger partial charge is 0.142 e. The number of pyridine rings is 1. The number of anilines is 1. The Morgan fingerprint density at radius 2 is 1.88 bits per heavy atom. The summed E-state index contributed by atoms with van der Waals surface area (Å²) in [6.07, 6.45) is 3.12. The fourth-order valence-corrected chi connectivity index (χ4v) is 2.54. The molecule has 1 heterocycles. The van der Waals surface area contributed by atoms with Crippen LogP contribution in [0.1, 0.15) is 0 Å². The van der Waals surface area contributed by atoms with Gasteiger partial charge in [-0.3, -0.25) is 4.98 Å². The Labute approximate surface area is 109 Å². The highest BCUT2D eigenvalue weighted by atomic mass is 79.9. The summed E-state index contributed by atoms with van der Waals surface area (Å²) in [6.45, 7) is 0. The average Bonchev–Trinajstić information content (AvgIpc) is 2.25. The lowest BCUT2D eigenvalue weighted by atomic mass is 10.3. The Hall–Kier alpha value is -1.14. The zero-order chi connectivity index (χ0) is 12.4. The normalized spacial score (nSPS) is 10.5. The maximum absolute atomic E-state index is 13.6. The van der Waals surface area contributed by atoms with Crippen LogP contribution >= 0.6 is 27.7 Å². The number of hydrogen-bond acceptors (Lipinski definition) is 3. The van der Waals surface area contributed by atoms with E-state index in [9.17, 15) is 8.78 Å². The molecule has 0 radical (unpaired) electrons. The maximum Gasteiger partial charge on any atom is 0.142 e. The van der Waals surface area contributed by atoms with E-state index in [1.165, 1.54) is 0 Å². The molecular weight excluding hydrogens is 310 g/mol. The van der Waals surface area contributed by atoms with Gasteiger partial charge >= 0.3 is 0 Å². The van der Waals surface area contributed by atoms with Crippen LogP contribution in [0.4, 0.5) is 14.5 Å². The average molecular weight is 317 g/mol. The zero-order valence-corrected chi connectivity index (χ0v) is 10.9. The first kappa shape index (κ1) is 12.3. The third-order valence-electron chi connectivity index (χ3n) is 1.97. The molecule has 0 aliphatic heterocycles. The summed E-state index contributed by atoms with van der Waals surface area (Å²) in [5.41, 5.74) is 5.41. The fraction of sp³-hybridized carbons (Fsp3) is 0. The second kappa shape index (κ2) is 5.01. The largest absolute Gasteiger partial charge is 0.399 e. The van der Waals surface area contributed by atoms with Gasteiger partial charge < -0.3 is 5.73 Å². The van der Waals surface area contributed by atoms with Crippen LogP contribution in [0.5, 0.6) is 0 Å². The minimum atomic E-state index is -0.670. The van der Waals surface area contributed by atoms with Gasteiger partial charge in [-0.1, -0.05) is 11.8 Å². The monoisotopic (exact) mass is 316 g/mol. The quantitative estimate of drug-likeness (QED) is 0.855. The first-order valence-corrected chi connectivity index (χ1v) is 6.21. The molecule has 0 saturated carbocycles. The van der Waals surface area contributed by atoms with Gasteiger partial charge in [-0.05, 0) is 34.1 Å². The van der Waals surface area contributed by atoms with Crippen LogP contribution in [-0.4, -0.2) is 4.98 Å². The van der Waals surface area contributed by atoms with Crippen LogP contribution in [0.15, 0.2) is 44.9 Å². The molecule has 2 rings (SSSR count). The first-order valence-electron chi connectivity index (χ1n) is 4.60. The minimum Gasteiger partial charge on any atom is -0.399 e. The van der Waals surface area contributed by atoms with Crippen LogP contribution < -0.4 is 5.73 Å². The Kier molecular flexibility index (Phi) is 3.63. The SMILES string of the molecule is Nc1cc(F)c(Sc2ccncc2Br)c(F)c1. The number of nitrogens with two attached hydrogens (primary N) is 1. The van der Waals surface area contributed by atoms with E-state index < -0.39 is 11.6 Å². The van der Waals surface area contributed by atoms with Gasteiger partial charge in [0.25, 0.3) is 0 Å². The summed E-state index contributed by atoms with van der Waals surface area (Å²) in [6, 6.07) is 3.87. The molecule has 0 aliphatic carbocycles. The van der Waals surface area contributed by atoms with Crippen molar-refractivity contribution >= 4 is 33.4 Å². The van der Waals surface area contributed by atoms with Crippen LogP contribution in [0, 0.1) is 11.6 Å². The molecule has 0 fully saturated rings. The molecule has 0 unspecified atom stereocenters. The molecule has 2 aromatic rings. The van der Waals surface area contributed by atoms with Crippen molar-refractivity contribution in [2.24, 2.45) is 0 Å². The predicted molar refractivity (Wildman–Crippen MR) is 66.8 cm³/mol. The summed E-state index contributed by atoms with van der Waals surface area (Å²) in [5, 5.41) is 0. The molecule has 2 nitrogen and oxygen atoms in total. The van der Waals surface area contributed by atoms with Crippen LogP contribution in [-0.2, 0) is 0 Å². The van der Waals surface area contributed by atoms with Crippen molar-refractivity contribution in [1.82, 2.24) is 4.98 Å². The Bertz CT molecular complexity index is 540. The van der Waals surface area contributed by atoms with Crippen molar-refractivity contribution in [2.75, 3.05) is 5.73 Å². The highest BCUT2D eigenvalue weighted by Crippen LogP contribution is 2.36. The van der Waals surface area contributed by atoms with Crippen molar-refractivity contribution in [3.8, 4) is 0 Å². The van der Waals surface area contributed by atoms with E-state index >= 15 is 0 Å². The number of halogens is 3. The summed E-state index contributed by atoms with van der Waals surface area (Å²) in [7, 11) is 0. The summed E-state index contributed by atoms with van der Waals surface area (Å²) in [4.78, 5) is 4.48. The second-order valence-corrected chi connectivity index (χ2v) is 5.13. The van der Waals surface area contributed by atoms with Gasteiger partial charge in [0, 0.05) is 27.4 Å². The number of hydrogen-bond donors (Lipinski definition) is 1. The van der Waals surface area contributed by atoms with E-state index in [-0.39, 0.29) is 10.6 Å². The molecule has 1 aromatic heterocycles. The molecule has 88 valence electrons. The molecule has 2 N–H and O–H groups in total. The van der Waals surface area contributed by atoms with Crippen molar-refractivity contribution in [1.29, 1.82) is 0 Å². The lowest BCUT2D eigenvalue weighted by Crippen LogP contribution is -1.93. The van der Waals surface area contributed by atoms with Gasteiger partial charge in [-0.2, -0.15) is 0 Å². The summed E-state index contributed by atoms with van der Waals surface area (Å²) in [5.74, 6) is -1.34. The van der Waals surface area contributed by atoms with Gasteiger partial charge in [-0.15, -0.1) is 0 Å². The number of nitrogens with zero attached hydrogens (tertiary/aromatic N) is 1. The number of rotatable bonds is 2.